The third kappa shape index (κ3) is 3.53. The van der Waals surface area contributed by atoms with E-state index in [1.807, 2.05) is 20.8 Å². The van der Waals surface area contributed by atoms with Gasteiger partial charge in [-0.3, -0.25) is 4.68 Å². The van der Waals surface area contributed by atoms with Crippen LogP contribution in [0.25, 0.3) is 0 Å². The highest BCUT2D eigenvalue weighted by molar-refractivity contribution is 5.22. The van der Waals surface area contributed by atoms with E-state index in [2.05, 4.69) is 10.4 Å². The number of nitrogens with zero attached hydrogens (tertiary/aromatic N) is 2. The summed E-state index contributed by atoms with van der Waals surface area (Å²) in [7, 11) is 0. The Morgan fingerprint density at radius 3 is 2.35 bits per heavy atom. The molecule has 0 bridgehead atoms. The SMILES string of the molecule is CC(C)(C)NCc1cnn(C2CCCC2)c1C(F)(F)F. The lowest BCUT2D eigenvalue weighted by Gasteiger charge is -2.22. The van der Waals surface area contributed by atoms with Crippen LogP contribution in [0, 0.1) is 0 Å². The number of hydrogen-bond acceptors (Lipinski definition) is 2. The molecular weight excluding hydrogens is 267 g/mol. The van der Waals surface area contributed by atoms with Crippen LogP contribution in [0.2, 0.25) is 0 Å². The number of aromatic nitrogens is 2. The van der Waals surface area contributed by atoms with Crippen molar-refractivity contribution >= 4 is 0 Å². The van der Waals surface area contributed by atoms with Crippen LogP contribution in [0.3, 0.4) is 0 Å². The number of alkyl halides is 3. The average Bonchev–Trinajstić information content (AvgIpc) is 2.93. The number of halogens is 3. The fourth-order valence-corrected chi connectivity index (χ4v) is 2.63. The Labute approximate surface area is 117 Å². The molecule has 3 nitrogen and oxygen atoms in total. The Morgan fingerprint density at radius 1 is 1.25 bits per heavy atom. The van der Waals surface area contributed by atoms with Crippen LogP contribution < -0.4 is 5.32 Å². The maximum absolute atomic E-state index is 13.3. The van der Waals surface area contributed by atoms with E-state index >= 15 is 0 Å². The first-order chi connectivity index (χ1) is 9.18. The average molecular weight is 289 g/mol. The lowest BCUT2D eigenvalue weighted by molar-refractivity contribution is -0.145. The molecule has 0 atom stereocenters. The fraction of sp³-hybridized carbons (Fsp3) is 0.786. The van der Waals surface area contributed by atoms with E-state index in [4.69, 9.17) is 0 Å². The molecule has 0 aromatic carbocycles. The molecule has 0 saturated heterocycles. The van der Waals surface area contributed by atoms with Gasteiger partial charge in [0, 0.05) is 17.6 Å². The van der Waals surface area contributed by atoms with E-state index in [9.17, 15) is 13.2 Å². The van der Waals surface area contributed by atoms with Crippen molar-refractivity contribution in [3.05, 3.63) is 17.5 Å². The summed E-state index contributed by atoms with van der Waals surface area (Å²) < 4.78 is 41.2. The molecule has 0 radical (unpaired) electrons. The molecule has 0 aliphatic heterocycles. The zero-order valence-corrected chi connectivity index (χ0v) is 12.2. The highest BCUT2D eigenvalue weighted by Gasteiger charge is 2.40. The smallest absolute Gasteiger partial charge is 0.308 e. The molecule has 0 amide bonds. The van der Waals surface area contributed by atoms with Crippen molar-refractivity contribution in [2.75, 3.05) is 0 Å². The molecule has 1 N–H and O–H groups in total. The van der Waals surface area contributed by atoms with Crippen molar-refractivity contribution < 1.29 is 13.2 Å². The highest BCUT2D eigenvalue weighted by Crippen LogP contribution is 2.38. The van der Waals surface area contributed by atoms with Gasteiger partial charge in [0.05, 0.1) is 12.2 Å². The van der Waals surface area contributed by atoms with Gasteiger partial charge in [-0.25, -0.2) is 0 Å². The summed E-state index contributed by atoms with van der Waals surface area (Å²) in [5.74, 6) is 0. The van der Waals surface area contributed by atoms with Crippen LogP contribution in [0.1, 0.15) is 63.8 Å². The molecule has 1 saturated carbocycles. The third-order valence-electron chi connectivity index (χ3n) is 3.62. The van der Waals surface area contributed by atoms with Crippen LogP contribution in [0.5, 0.6) is 0 Å². The first kappa shape index (κ1) is 15.4. The highest BCUT2D eigenvalue weighted by atomic mass is 19.4. The predicted octanol–water partition coefficient (Wildman–Crippen LogP) is 3.91. The monoisotopic (exact) mass is 289 g/mol. The minimum absolute atomic E-state index is 0.102. The second kappa shape index (κ2) is 5.39. The fourth-order valence-electron chi connectivity index (χ4n) is 2.63. The Bertz CT molecular complexity index is 451. The molecule has 6 heteroatoms. The molecule has 1 aliphatic rings. The van der Waals surface area contributed by atoms with E-state index in [-0.39, 0.29) is 23.7 Å². The Kier molecular flexibility index (Phi) is 4.14. The zero-order valence-electron chi connectivity index (χ0n) is 12.2. The van der Waals surface area contributed by atoms with Crippen molar-refractivity contribution in [1.29, 1.82) is 0 Å². The van der Waals surface area contributed by atoms with Crippen molar-refractivity contribution in [2.45, 2.75) is 70.8 Å². The molecule has 1 fully saturated rings. The second-order valence-electron chi connectivity index (χ2n) is 6.50. The second-order valence-corrected chi connectivity index (χ2v) is 6.50. The normalized spacial score (nSPS) is 17.9. The van der Waals surface area contributed by atoms with Gasteiger partial charge in [0.15, 0.2) is 0 Å². The maximum Gasteiger partial charge on any atom is 0.433 e. The van der Waals surface area contributed by atoms with Gasteiger partial charge in [0.1, 0.15) is 5.69 Å². The summed E-state index contributed by atoms with van der Waals surface area (Å²) in [6.45, 7) is 5.98. The minimum Gasteiger partial charge on any atom is -0.308 e. The first-order valence-corrected chi connectivity index (χ1v) is 7.07. The van der Waals surface area contributed by atoms with Crippen molar-refractivity contribution in [3.63, 3.8) is 0 Å². The Hall–Kier alpha value is -1.04. The molecule has 114 valence electrons. The molecular formula is C14H22F3N3. The van der Waals surface area contributed by atoms with E-state index in [1.165, 1.54) is 10.9 Å². The van der Waals surface area contributed by atoms with Gasteiger partial charge in [-0.15, -0.1) is 0 Å². The molecule has 1 aromatic heterocycles. The zero-order chi connectivity index (χ0) is 15.0. The van der Waals surface area contributed by atoms with Gasteiger partial charge in [-0.2, -0.15) is 18.3 Å². The lowest BCUT2D eigenvalue weighted by Crippen LogP contribution is -2.35. The maximum atomic E-state index is 13.3. The molecule has 1 heterocycles. The summed E-state index contributed by atoms with van der Waals surface area (Å²) in [6, 6.07) is -0.102. The molecule has 20 heavy (non-hydrogen) atoms. The van der Waals surface area contributed by atoms with Crippen LogP contribution in [0.4, 0.5) is 13.2 Å². The lowest BCUT2D eigenvalue weighted by atomic mass is 10.1. The quantitative estimate of drug-likeness (QED) is 0.914. The van der Waals surface area contributed by atoms with E-state index in [0.29, 0.717) is 0 Å². The van der Waals surface area contributed by atoms with E-state index in [1.54, 1.807) is 0 Å². The number of nitrogens with one attached hydrogen (secondary N) is 1. The summed E-state index contributed by atoms with van der Waals surface area (Å²) in [6.07, 6.45) is 0.552. The molecule has 2 rings (SSSR count). The Morgan fingerprint density at radius 2 is 1.85 bits per heavy atom. The molecule has 0 spiro atoms. The van der Waals surface area contributed by atoms with Crippen molar-refractivity contribution in [2.24, 2.45) is 0 Å². The molecule has 0 unspecified atom stereocenters. The predicted molar refractivity (Wildman–Crippen MR) is 71.3 cm³/mol. The first-order valence-electron chi connectivity index (χ1n) is 7.07. The topological polar surface area (TPSA) is 29.9 Å². The molecule has 1 aliphatic carbocycles. The largest absolute Gasteiger partial charge is 0.433 e. The van der Waals surface area contributed by atoms with Crippen molar-refractivity contribution in [1.82, 2.24) is 15.1 Å². The van der Waals surface area contributed by atoms with Gasteiger partial charge in [-0.1, -0.05) is 12.8 Å². The van der Waals surface area contributed by atoms with Crippen molar-refractivity contribution in [3.8, 4) is 0 Å². The van der Waals surface area contributed by atoms with Gasteiger partial charge >= 0.3 is 6.18 Å². The van der Waals surface area contributed by atoms with Crippen LogP contribution in [-0.4, -0.2) is 15.3 Å². The summed E-state index contributed by atoms with van der Waals surface area (Å²) in [5.41, 5.74) is -0.571. The summed E-state index contributed by atoms with van der Waals surface area (Å²) in [4.78, 5) is 0. The van der Waals surface area contributed by atoms with Gasteiger partial charge in [0.2, 0.25) is 0 Å². The van der Waals surface area contributed by atoms with Crippen LogP contribution >= 0.6 is 0 Å². The number of hydrogen-bond donors (Lipinski definition) is 1. The van der Waals surface area contributed by atoms with Crippen LogP contribution in [-0.2, 0) is 12.7 Å². The van der Waals surface area contributed by atoms with Gasteiger partial charge in [-0.05, 0) is 33.6 Å². The molecule has 1 aromatic rings. The van der Waals surface area contributed by atoms with Gasteiger partial charge < -0.3 is 5.32 Å². The standard InChI is InChI=1S/C14H22F3N3/c1-13(2,3)18-8-10-9-19-20(11-6-4-5-7-11)12(10)14(15,16)17/h9,11,18H,4-8H2,1-3H3. The van der Waals surface area contributed by atoms with Gasteiger partial charge in [0.25, 0.3) is 0 Å². The number of rotatable bonds is 3. The summed E-state index contributed by atoms with van der Waals surface area (Å²) >= 11 is 0. The third-order valence-corrected chi connectivity index (χ3v) is 3.62. The van der Waals surface area contributed by atoms with Crippen LogP contribution in [0.15, 0.2) is 6.20 Å². The Balaban J connectivity index is 2.28. The minimum atomic E-state index is -4.35. The van der Waals surface area contributed by atoms with E-state index < -0.39 is 11.9 Å². The summed E-state index contributed by atoms with van der Waals surface area (Å²) in [5, 5.41) is 7.12. The van der Waals surface area contributed by atoms with E-state index in [0.717, 1.165) is 25.7 Å².